The van der Waals surface area contributed by atoms with Crippen molar-refractivity contribution in [3.63, 3.8) is 0 Å². The average Bonchev–Trinajstić information content (AvgIpc) is 2.71. The van der Waals surface area contributed by atoms with Crippen LogP contribution >= 0.6 is 0 Å². The van der Waals surface area contributed by atoms with Crippen LogP contribution in [0.25, 0.3) is 0 Å². The van der Waals surface area contributed by atoms with E-state index < -0.39 is 0 Å². The molecule has 1 unspecified atom stereocenters. The lowest BCUT2D eigenvalue weighted by Gasteiger charge is -2.22. The molecule has 0 bridgehead atoms. The summed E-state index contributed by atoms with van der Waals surface area (Å²) in [5.41, 5.74) is 4.74. The summed E-state index contributed by atoms with van der Waals surface area (Å²) in [6.45, 7) is 8.52. The van der Waals surface area contributed by atoms with Gasteiger partial charge >= 0.3 is 0 Å². The first-order valence-corrected chi connectivity index (χ1v) is 7.34. The van der Waals surface area contributed by atoms with E-state index in [-0.39, 0.29) is 12.1 Å². The Balaban J connectivity index is 2.21. The molecule has 114 valence electrons. The number of nitrogens with one attached hydrogen (secondary N) is 1. The van der Waals surface area contributed by atoms with Gasteiger partial charge in [0.2, 0.25) is 0 Å². The molecular formula is C17H25N3O. The zero-order valence-electron chi connectivity index (χ0n) is 13.8. The summed E-state index contributed by atoms with van der Waals surface area (Å²) in [5, 5.41) is 8.15. The molecule has 0 aliphatic rings. The standard InChI is InChI=1S/C17H25N3O/c1-11(15-9-7-8-10-16(15)21-6)18-12(2)17-13(3)19-20(5)14(17)4/h7-12,18H,1-6H3/t11-,12?/m0/s1. The molecule has 0 saturated carbocycles. The zero-order chi connectivity index (χ0) is 15.6. The third-order valence-corrected chi connectivity index (χ3v) is 4.10. The summed E-state index contributed by atoms with van der Waals surface area (Å²) in [6, 6.07) is 8.58. The molecule has 4 heteroatoms. The Morgan fingerprint density at radius 1 is 1.14 bits per heavy atom. The second kappa shape index (κ2) is 6.31. The van der Waals surface area contributed by atoms with E-state index in [2.05, 4.69) is 44.2 Å². The average molecular weight is 287 g/mol. The monoisotopic (exact) mass is 287 g/mol. The minimum Gasteiger partial charge on any atom is -0.496 e. The maximum Gasteiger partial charge on any atom is 0.123 e. The van der Waals surface area contributed by atoms with E-state index in [4.69, 9.17) is 4.74 Å². The van der Waals surface area contributed by atoms with E-state index in [9.17, 15) is 0 Å². The molecule has 1 N–H and O–H groups in total. The molecule has 0 amide bonds. The third kappa shape index (κ3) is 3.10. The number of para-hydroxylation sites is 1. The molecule has 2 rings (SSSR count). The number of hydrogen-bond donors (Lipinski definition) is 1. The van der Waals surface area contributed by atoms with Crippen molar-refractivity contribution >= 4 is 0 Å². The van der Waals surface area contributed by atoms with Crippen molar-refractivity contribution in [3.05, 3.63) is 46.8 Å². The van der Waals surface area contributed by atoms with Gasteiger partial charge in [-0.3, -0.25) is 4.68 Å². The van der Waals surface area contributed by atoms with Crippen molar-refractivity contribution in [1.82, 2.24) is 15.1 Å². The minimum absolute atomic E-state index is 0.204. The van der Waals surface area contributed by atoms with E-state index in [0.717, 1.165) is 11.4 Å². The summed E-state index contributed by atoms with van der Waals surface area (Å²) in [5.74, 6) is 0.921. The molecular weight excluding hydrogens is 262 g/mol. The van der Waals surface area contributed by atoms with Crippen molar-refractivity contribution < 1.29 is 4.74 Å². The molecule has 2 atom stereocenters. The number of nitrogens with zero attached hydrogens (tertiary/aromatic N) is 2. The van der Waals surface area contributed by atoms with Gasteiger partial charge in [0.05, 0.1) is 12.8 Å². The lowest BCUT2D eigenvalue weighted by Crippen LogP contribution is -2.23. The Labute approximate surface area is 127 Å². The van der Waals surface area contributed by atoms with Crippen molar-refractivity contribution in [2.24, 2.45) is 7.05 Å². The molecule has 0 saturated heterocycles. The number of aryl methyl sites for hydroxylation is 2. The number of rotatable bonds is 5. The van der Waals surface area contributed by atoms with Crippen LogP contribution in [-0.4, -0.2) is 16.9 Å². The zero-order valence-corrected chi connectivity index (χ0v) is 13.8. The largest absolute Gasteiger partial charge is 0.496 e. The summed E-state index contributed by atoms with van der Waals surface area (Å²) in [7, 11) is 3.70. The summed E-state index contributed by atoms with van der Waals surface area (Å²) in [4.78, 5) is 0. The van der Waals surface area contributed by atoms with Crippen LogP contribution in [0.4, 0.5) is 0 Å². The molecule has 2 aromatic rings. The van der Waals surface area contributed by atoms with Crippen LogP contribution in [0.1, 0.15) is 48.4 Å². The number of ether oxygens (including phenoxy) is 1. The molecule has 1 aromatic heterocycles. The molecule has 4 nitrogen and oxygen atoms in total. The van der Waals surface area contributed by atoms with Gasteiger partial charge in [-0.05, 0) is 33.8 Å². The van der Waals surface area contributed by atoms with Gasteiger partial charge in [0, 0.05) is 36.0 Å². The SMILES string of the molecule is COc1ccccc1[C@H](C)NC(C)c1c(C)nn(C)c1C. The van der Waals surface area contributed by atoms with Crippen molar-refractivity contribution in [3.8, 4) is 5.75 Å². The predicted octanol–water partition coefficient (Wildman–Crippen LogP) is 3.46. The first kappa shape index (κ1) is 15.6. The quantitative estimate of drug-likeness (QED) is 0.915. The van der Waals surface area contributed by atoms with Gasteiger partial charge < -0.3 is 10.1 Å². The number of methoxy groups -OCH3 is 1. The molecule has 1 heterocycles. The van der Waals surface area contributed by atoms with Crippen molar-refractivity contribution in [2.75, 3.05) is 7.11 Å². The fourth-order valence-corrected chi connectivity index (χ4v) is 2.99. The van der Waals surface area contributed by atoms with Crippen LogP contribution in [0.3, 0.4) is 0 Å². The van der Waals surface area contributed by atoms with Crippen LogP contribution in [0.2, 0.25) is 0 Å². The van der Waals surface area contributed by atoms with Crippen LogP contribution < -0.4 is 10.1 Å². The minimum atomic E-state index is 0.204. The van der Waals surface area contributed by atoms with Gasteiger partial charge in [-0.2, -0.15) is 5.10 Å². The molecule has 0 radical (unpaired) electrons. The highest BCUT2D eigenvalue weighted by Crippen LogP contribution is 2.28. The van der Waals surface area contributed by atoms with Gasteiger partial charge in [-0.25, -0.2) is 0 Å². The van der Waals surface area contributed by atoms with Gasteiger partial charge in [-0.15, -0.1) is 0 Å². The van der Waals surface area contributed by atoms with E-state index in [1.165, 1.54) is 16.8 Å². The highest BCUT2D eigenvalue weighted by Gasteiger charge is 2.19. The topological polar surface area (TPSA) is 39.1 Å². The van der Waals surface area contributed by atoms with Gasteiger partial charge in [-0.1, -0.05) is 18.2 Å². The summed E-state index contributed by atoms with van der Waals surface area (Å²) in [6.07, 6.45) is 0. The molecule has 21 heavy (non-hydrogen) atoms. The second-order valence-corrected chi connectivity index (χ2v) is 5.56. The van der Waals surface area contributed by atoms with E-state index in [1.54, 1.807) is 7.11 Å². The lowest BCUT2D eigenvalue weighted by atomic mass is 10.0. The smallest absolute Gasteiger partial charge is 0.123 e. The van der Waals surface area contributed by atoms with Crippen LogP contribution in [0, 0.1) is 13.8 Å². The first-order chi connectivity index (χ1) is 9.95. The fraction of sp³-hybridized carbons (Fsp3) is 0.471. The predicted molar refractivity (Wildman–Crippen MR) is 85.6 cm³/mol. The fourth-order valence-electron chi connectivity index (χ4n) is 2.99. The Morgan fingerprint density at radius 2 is 1.81 bits per heavy atom. The van der Waals surface area contributed by atoms with Gasteiger partial charge in [0.25, 0.3) is 0 Å². The van der Waals surface area contributed by atoms with Crippen LogP contribution in [0.5, 0.6) is 5.75 Å². The Bertz CT molecular complexity index is 618. The highest BCUT2D eigenvalue weighted by atomic mass is 16.5. The van der Waals surface area contributed by atoms with E-state index >= 15 is 0 Å². The lowest BCUT2D eigenvalue weighted by molar-refractivity contribution is 0.396. The van der Waals surface area contributed by atoms with Crippen LogP contribution in [0.15, 0.2) is 24.3 Å². The molecule has 0 aliphatic heterocycles. The van der Waals surface area contributed by atoms with Crippen molar-refractivity contribution in [1.29, 1.82) is 0 Å². The number of hydrogen-bond acceptors (Lipinski definition) is 3. The molecule has 0 spiro atoms. The second-order valence-electron chi connectivity index (χ2n) is 5.56. The molecule has 1 aromatic carbocycles. The summed E-state index contributed by atoms with van der Waals surface area (Å²) >= 11 is 0. The highest BCUT2D eigenvalue weighted by molar-refractivity contribution is 5.36. The maximum absolute atomic E-state index is 5.45. The normalized spacial score (nSPS) is 14.0. The Morgan fingerprint density at radius 3 is 2.38 bits per heavy atom. The van der Waals surface area contributed by atoms with E-state index in [1.807, 2.05) is 29.9 Å². The molecule has 0 fully saturated rings. The van der Waals surface area contributed by atoms with Crippen molar-refractivity contribution in [2.45, 2.75) is 39.8 Å². The number of benzene rings is 1. The summed E-state index contributed by atoms with van der Waals surface area (Å²) < 4.78 is 7.39. The maximum atomic E-state index is 5.45. The third-order valence-electron chi connectivity index (χ3n) is 4.10. The Kier molecular flexibility index (Phi) is 4.68. The van der Waals surface area contributed by atoms with E-state index in [0.29, 0.717) is 0 Å². The number of aromatic nitrogens is 2. The first-order valence-electron chi connectivity index (χ1n) is 7.34. The van der Waals surface area contributed by atoms with Gasteiger partial charge in [0.1, 0.15) is 5.75 Å². The molecule has 0 aliphatic carbocycles. The van der Waals surface area contributed by atoms with Gasteiger partial charge in [0.15, 0.2) is 0 Å². The van der Waals surface area contributed by atoms with Crippen LogP contribution in [-0.2, 0) is 7.05 Å². The Hall–Kier alpha value is -1.81.